The zero-order chi connectivity index (χ0) is 59.2. The third-order valence-corrected chi connectivity index (χ3v) is 16.0. The van der Waals surface area contributed by atoms with E-state index in [1.807, 2.05) is 6.08 Å². The minimum absolute atomic E-state index is 0.0978. The summed E-state index contributed by atoms with van der Waals surface area (Å²) in [6, 6.07) is 0. The molecule has 1 atom stereocenters. The van der Waals surface area contributed by atoms with E-state index in [0.29, 0.717) is 19.3 Å². The van der Waals surface area contributed by atoms with Crippen LogP contribution in [0.15, 0.2) is 72.9 Å². The summed E-state index contributed by atoms with van der Waals surface area (Å²) in [6.45, 7) is 6.49. The molecule has 0 aliphatic rings. The number of esters is 3. The summed E-state index contributed by atoms with van der Waals surface area (Å²) in [5.41, 5.74) is 0. The van der Waals surface area contributed by atoms with Crippen molar-refractivity contribution in [3.8, 4) is 0 Å². The Morgan fingerprint density at radius 2 is 0.500 bits per heavy atom. The molecule has 82 heavy (non-hydrogen) atoms. The first kappa shape index (κ1) is 78.8. The Bertz CT molecular complexity index is 1500. The van der Waals surface area contributed by atoms with Gasteiger partial charge in [-0.25, -0.2) is 0 Å². The van der Waals surface area contributed by atoms with E-state index in [4.69, 9.17) is 14.2 Å². The molecule has 6 heteroatoms. The maximum atomic E-state index is 12.9. The summed E-state index contributed by atoms with van der Waals surface area (Å²) < 4.78 is 16.9. The van der Waals surface area contributed by atoms with Crippen molar-refractivity contribution in [2.75, 3.05) is 13.2 Å². The lowest BCUT2D eigenvalue weighted by atomic mass is 10.0. The molecule has 0 spiro atoms. The number of carbonyl (C=O) groups excluding carboxylic acids is 3. The van der Waals surface area contributed by atoms with Gasteiger partial charge < -0.3 is 14.2 Å². The molecule has 6 nitrogen and oxygen atoms in total. The fourth-order valence-electron chi connectivity index (χ4n) is 10.6. The van der Waals surface area contributed by atoms with Gasteiger partial charge in [-0.15, -0.1) is 0 Å². The monoisotopic (exact) mass is 1150 g/mol. The van der Waals surface area contributed by atoms with Crippen molar-refractivity contribution in [1.82, 2.24) is 0 Å². The van der Waals surface area contributed by atoms with Gasteiger partial charge in [-0.3, -0.25) is 14.4 Å². The van der Waals surface area contributed by atoms with Crippen LogP contribution >= 0.6 is 0 Å². The van der Waals surface area contributed by atoms with Crippen molar-refractivity contribution in [2.24, 2.45) is 0 Å². The largest absolute Gasteiger partial charge is 0.462 e. The molecular weight excluding hydrogens is 1010 g/mol. The predicted molar refractivity (Wildman–Crippen MR) is 358 cm³/mol. The van der Waals surface area contributed by atoms with E-state index in [9.17, 15) is 14.4 Å². The normalized spacial score (nSPS) is 12.5. The summed E-state index contributed by atoms with van der Waals surface area (Å²) in [5.74, 6) is -0.973. The summed E-state index contributed by atoms with van der Waals surface area (Å²) in [7, 11) is 0. The standard InChI is InChI=1S/C76H136O6/c1-4-7-10-13-16-19-22-25-27-29-31-32-33-34-35-36-37-38-39-40-41-42-43-44-45-47-48-51-54-57-60-63-66-69-75(78)81-72-73(71-80-74(77)68-65-62-59-56-53-50-24-21-18-15-12-9-6-3)82-76(79)70-67-64-61-58-55-52-49-46-30-28-26-23-20-17-14-11-8-5-2/h9,12,18,20-21,23,28,30,50,53,59,62,73H,4-8,10-11,13-17,19,22,24-27,29,31-49,51-52,54-58,60-61,63-72H2,1-3H3/b12-9-,21-18-,23-20-,30-28-,53-50-,62-59-. The predicted octanol–water partition coefficient (Wildman–Crippen LogP) is 24.8. The number of unbranched alkanes of at least 4 members (excludes halogenated alkanes) is 43. The first-order chi connectivity index (χ1) is 40.5. The quantitative estimate of drug-likeness (QED) is 0.0261. The highest BCUT2D eigenvalue weighted by atomic mass is 16.6. The van der Waals surface area contributed by atoms with Crippen molar-refractivity contribution in [1.29, 1.82) is 0 Å². The third-order valence-electron chi connectivity index (χ3n) is 16.0. The Labute approximate surface area is 510 Å². The van der Waals surface area contributed by atoms with Crippen molar-refractivity contribution >= 4 is 17.9 Å². The van der Waals surface area contributed by atoms with Crippen LogP contribution in [0.3, 0.4) is 0 Å². The molecule has 0 fully saturated rings. The fourth-order valence-corrected chi connectivity index (χ4v) is 10.6. The molecule has 1 unspecified atom stereocenters. The second kappa shape index (κ2) is 70.3. The number of carbonyl (C=O) groups is 3. The molecule has 476 valence electrons. The molecular formula is C76H136O6. The highest BCUT2D eigenvalue weighted by Crippen LogP contribution is 2.18. The van der Waals surface area contributed by atoms with Gasteiger partial charge in [0, 0.05) is 19.3 Å². The molecule has 0 aromatic rings. The Balaban J connectivity index is 4.15. The van der Waals surface area contributed by atoms with Crippen molar-refractivity contribution in [2.45, 2.75) is 380 Å². The van der Waals surface area contributed by atoms with Crippen LogP contribution in [-0.2, 0) is 28.6 Å². The molecule has 0 aliphatic carbocycles. The van der Waals surface area contributed by atoms with E-state index in [-0.39, 0.29) is 37.5 Å². The molecule has 0 saturated heterocycles. The van der Waals surface area contributed by atoms with E-state index < -0.39 is 6.10 Å². The van der Waals surface area contributed by atoms with Gasteiger partial charge in [0.15, 0.2) is 6.10 Å². The van der Waals surface area contributed by atoms with Crippen LogP contribution in [-0.4, -0.2) is 37.2 Å². The Hall–Kier alpha value is -3.15. The average molecular weight is 1150 g/mol. The Morgan fingerprint density at radius 1 is 0.256 bits per heavy atom. The Morgan fingerprint density at radius 3 is 0.829 bits per heavy atom. The summed E-state index contributed by atoms with van der Waals surface area (Å²) in [6.07, 6.45) is 92.6. The molecule has 0 aliphatic heterocycles. The minimum Gasteiger partial charge on any atom is -0.462 e. The van der Waals surface area contributed by atoms with E-state index in [2.05, 4.69) is 87.6 Å². The molecule has 0 aromatic carbocycles. The maximum absolute atomic E-state index is 12.9. The van der Waals surface area contributed by atoms with Crippen LogP contribution in [0.2, 0.25) is 0 Å². The van der Waals surface area contributed by atoms with E-state index in [1.165, 1.54) is 250 Å². The molecule has 0 amide bonds. The zero-order valence-corrected chi connectivity index (χ0v) is 54.8. The zero-order valence-electron chi connectivity index (χ0n) is 54.8. The lowest BCUT2D eigenvalue weighted by Gasteiger charge is -2.18. The third kappa shape index (κ3) is 67.6. The van der Waals surface area contributed by atoms with Gasteiger partial charge >= 0.3 is 17.9 Å². The van der Waals surface area contributed by atoms with E-state index >= 15 is 0 Å². The number of ether oxygens (including phenoxy) is 3. The number of hydrogen-bond acceptors (Lipinski definition) is 6. The van der Waals surface area contributed by atoms with Gasteiger partial charge in [0.25, 0.3) is 0 Å². The van der Waals surface area contributed by atoms with Crippen LogP contribution in [0.1, 0.15) is 374 Å². The van der Waals surface area contributed by atoms with Gasteiger partial charge in [-0.1, -0.05) is 351 Å². The van der Waals surface area contributed by atoms with Crippen LogP contribution in [0.4, 0.5) is 0 Å². The van der Waals surface area contributed by atoms with Gasteiger partial charge in [0.1, 0.15) is 13.2 Å². The molecule has 0 rings (SSSR count). The second-order valence-electron chi connectivity index (χ2n) is 24.1. The molecule has 0 aromatic heterocycles. The van der Waals surface area contributed by atoms with E-state index in [0.717, 1.165) is 77.0 Å². The van der Waals surface area contributed by atoms with Crippen molar-refractivity contribution < 1.29 is 28.6 Å². The summed E-state index contributed by atoms with van der Waals surface area (Å²) in [4.78, 5) is 38.3. The lowest BCUT2D eigenvalue weighted by Crippen LogP contribution is -2.30. The lowest BCUT2D eigenvalue weighted by molar-refractivity contribution is -0.166. The maximum Gasteiger partial charge on any atom is 0.306 e. The SMILES string of the molecule is CC/C=C\C/C=C\C/C=C\C/C=C\CCC(=O)OCC(COC(=O)CCCCCCCCCCCCCCCCCCCCCCCCCCCCCCCCCCC)OC(=O)CCCCCCCCC/C=C\C/C=C\CCCCCC. The first-order valence-electron chi connectivity index (χ1n) is 35.9. The first-order valence-corrected chi connectivity index (χ1v) is 35.9. The second-order valence-corrected chi connectivity index (χ2v) is 24.1. The Kier molecular flexibility index (Phi) is 67.6. The highest BCUT2D eigenvalue weighted by molar-refractivity contribution is 5.71. The van der Waals surface area contributed by atoms with Crippen molar-refractivity contribution in [3.63, 3.8) is 0 Å². The average Bonchev–Trinajstić information content (AvgIpc) is 3.47. The minimum atomic E-state index is -0.809. The molecule has 0 radical (unpaired) electrons. The van der Waals surface area contributed by atoms with E-state index in [1.54, 1.807) is 0 Å². The molecule has 0 heterocycles. The summed E-state index contributed by atoms with van der Waals surface area (Å²) >= 11 is 0. The fraction of sp³-hybridized carbons (Fsp3) is 0.803. The number of rotatable bonds is 66. The highest BCUT2D eigenvalue weighted by Gasteiger charge is 2.19. The molecule has 0 N–H and O–H groups in total. The van der Waals surface area contributed by atoms with Gasteiger partial charge in [-0.2, -0.15) is 0 Å². The number of allylic oxidation sites excluding steroid dienone is 12. The van der Waals surface area contributed by atoms with Gasteiger partial charge in [0.2, 0.25) is 0 Å². The van der Waals surface area contributed by atoms with Crippen LogP contribution in [0, 0.1) is 0 Å². The van der Waals surface area contributed by atoms with Gasteiger partial charge in [0.05, 0.1) is 0 Å². The summed E-state index contributed by atoms with van der Waals surface area (Å²) in [5, 5.41) is 0. The van der Waals surface area contributed by atoms with Crippen molar-refractivity contribution in [3.05, 3.63) is 72.9 Å². The van der Waals surface area contributed by atoms with Crippen LogP contribution < -0.4 is 0 Å². The molecule has 0 saturated carbocycles. The van der Waals surface area contributed by atoms with Crippen LogP contribution in [0.25, 0.3) is 0 Å². The van der Waals surface area contributed by atoms with Crippen LogP contribution in [0.5, 0.6) is 0 Å². The topological polar surface area (TPSA) is 78.9 Å². The number of hydrogen-bond donors (Lipinski definition) is 0. The van der Waals surface area contributed by atoms with Gasteiger partial charge in [-0.05, 0) is 77.0 Å². The molecule has 0 bridgehead atoms. The smallest absolute Gasteiger partial charge is 0.306 e.